The number of fused-ring (bicyclic) bond motifs is 1. The lowest BCUT2D eigenvalue weighted by atomic mass is 9.58. The van der Waals surface area contributed by atoms with Gasteiger partial charge in [0, 0.05) is 18.3 Å². The van der Waals surface area contributed by atoms with Crippen LogP contribution in [0.15, 0.2) is 0 Å². The summed E-state index contributed by atoms with van der Waals surface area (Å²) >= 11 is 0. The van der Waals surface area contributed by atoms with Crippen LogP contribution in [0, 0.1) is 34.5 Å². The largest absolute Gasteiger partial charge is 0.469 e. The lowest BCUT2D eigenvalue weighted by Gasteiger charge is -2.51. The topological polar surface area (TPSA) is 80.3 Å². The smallest absolute Gasteiger partial charge is 0.315 e. The highest BCUT2D eigenvalue weighted by Gasteiger charge is 2.86. The van der Waals surface area contributed by atoms with Crippen molar-refractivity contribution in [3.63, 3.8) is 0 Å². The van der Waals surface area contributed by atoms with E-state index >= 15 is 0 Å². The first kappa shape index (κ1) is 29.9. The molecule has 0 N–H and O–H groups in total. The van der Waals surface area contributed by atoms with Gasteiger partial charge in [-0.1, -0.05) is 0 Å². The molecule has 1 saturated heterocycles. The molecule has 39 heavy (non-hydrogen) atoms. The fourth-order valence-electron chi connectivity index (χ4n) is 10.2. The van der Waals surface area contributed by atoms with Gasteiger partial charge in [-0.05, 0) is 110 Å². The minimum Gasteiger partial charge on any atom is -0.469 e. The van der Waals surface area contributed by atoms with Crippen molar-refractivity contribution in [3.8, 4) is 0 Å². The van der Waals surface area contributed by atoms with Crippen LogP contribution >= 0.6 is 0 Å². The zero-order valence-electron chi connectivity index (χ0n) is 26.4. The van der Waals surface area contributed by atoms with Crippen molar-refractivity contribution in [1.82, 2.24) is 0 Å². The Bertz CT molecular complexity index is 1050. The van der Waals surface area contributed by atoms with Crippen molar-refractivity contribution in [1.29, 1.82) is 0 Å². The van der Waals surface area contributed by atoms with Crippen molar-refractivity contribution >= 4 is 36.9 Å². The van der Waals surface area contributed by atoms with E-state index in [-0.39, 0.29) is 40.9 Å². The highest BCUT2D eigenvalue weighted by Crippen LogP contribution is 2.79. The molecule has 10 heteroatoms. The molecule has 4 bridgehead atoms. The van der Waals surface area contributed by atoms with E-state index < -0.39 is 48.0 Å². The normalized spacial score (nSPS) is 47.0. The van der Waals surface area contributed by atoms with Crippen LogP contribution in [0.1, 0.15) is 46.0 Å². The van der Waals surface area contributed by atoms with E-state index in [1.807, 2.05) is 6.92 Å². The van der Waals surface area contributed by atoms with Crippen LogP contribution < -0.4 is 0 Å². The quantitative estimate of drug-likeness (QED) is 0.265. The highest BCUT2D eigenvalue weighted by atomic mass is 28.4. The molecule has 5 fully saturated rings. The first-order chi connectivity index (χ1) is 17.6. The molecule has 1 aliphatic heterocycles. The molecular weight excluding hydrogens is 545 g/mol. The molecule has 0 aromatic carbocycles. The summed E-state index contributed by atoms with van der Waals surface area (Å²) in [6.07, 6.45) is 3.59. The fraction of sp³-hybridized carbons (Fsp3) is 0.931. The molecule has 4 saturated carbocycles. The van der Waals surface area contributed by atoms with Crippen molar-refractivity contribution in [2.75, 3.05) is 7.11 Å². The number of hydrogen-bond donors (Lipinski definition) is 0. The van der Waals surface area contributed by atoms with Gasteiger partial charge in [0.05, 0.1) is 36.3 Å². The van der Waals surface area contributed by atoms with E-state index in [2.05, 4.69) is 65.8 Å². The summed E-state index contributed by atoms with van der Waals surface area (Å²) in [6.45, 7) is 24.1. The number of carbonyl (C=O) groups is 2. The van der Waals surface area contributed by atoms with Crippen LogP contribution in [0.25, 0.3) is 0 Å². The van der Waals surface area contributed by atoms with Gasteiger partial charge >= 0.3 is 11.9 Å². The predicted molar refractivity (Wildman–Crippen MR) is 158 cm³/mol. The third-order valence-corrected chi connectivity index (χ3v) is 13.6. The van der Waals surface area contributed by atoms with Crippen molar-refractivity contribution < 1.29 is 32.3 Å². The van der Waals surface area contributed by atoms with Gasteiger partial charge in [0.15, 0.2) is 25.0 Å². The summed E-state index contributed by atoms with van der Waals surface area (Å²) in [5, 5.41) is 0. The molecule has 1 heterocycles. The molecule has 7 nitrogen and oxygen atoms in total. The Morgan fingerprint density at radius 3 is 2.05 bits per heavy atom. The Hall–Kier alpha value is -0.529. The van der Waals surface area contributed by atoms with Crippen molar-refractivity contribution in [2.45, 2.75) is 128 Å². The second kappa shape index (κ2) is 8.75. The maximum atomic E-state index is 14.1. The van der Waals surface area contributed by atoms with Crippen LogP contribution in [0.2, 0.25) is 58.9 Å². The monoisotopic (exact) mass is 596 g/mol. The molecule has 0 amide bonds. The first-order valence-corrected chi connectivity index (χ1v) is 25.2. The summed E-state index contributed by atoms with van der Waals surface area (Å²) in [5.74, 6) is -0.693. The van der Waals surface area contributed by atoms with E-state index in [9.17, 15) is 9.59 Å². The maximum Gasteiger partial charge on any atom is 0.315 e. The Labute approximate surface area is 238 Å². The Morgan fingerprint density at radius 1 is 0.897 bits per heavy atom. The van der Waals surface area contributed by atoms with Gasteiger partial charge in [-0.25, -0.2) is 0 Å². The molecule has 10 atom stereocenters. The molecule has 0 aromatic heterocycles. The summed E-state index contributed by atoms with van der Waals surface area (Å²) in [5.41, 5.74) is -2.34. The molecule has 4 aliphatic carbocycles. The van der Waals surface area contributed by atoms with E-state index in [1.165, 1.54) is 7.11 Å². The number of carbonyl (C=O) groups excluding carboxylic acids is 2. The number of methoxy groups -OCH3 is 1. The number of hydrogen-bond acceptors (Lipinski definition) is 7. The second-order valence-electron chi connectivity index (χ2n) is 16.7. The first-order valence-electron chi connectivity index (χ1n) is 15.0. The average molecular weight is 597 g/mol. The predicted octanol–water partition coefficient (Wildman–Crippen LogP) is 5.97. The van der Waals surface area contributed by atoms with Crippen molar-refractivity contribution in [2.24, 2.45) is 34.5 Å². The van der Waals surface area contributed by atoms with E-state index in [0.29, 0.717) is 12.3 Å². The molecular formula is C29H52O7Si3. The third kappa shape index (κ3) is 4.40. The minimum atomic E-state index is -2.09. The van der Waals surface area contributed by atoms with Gasteiger partial charge in [-0.3, -0.25) is 9.59 Å². The van der Waals surface area contributed by atoms with Crippen LogP contribution in [0.3, 0.4) is 0 Å². The lowest BCUT2D eigenvalue weighted by molar-refractivity contribution is -0.164. The van der Waals surface area contributed by atoms with Crippen molar-refractivity contribution in [3.05, 3.63) is 0 Å². The van der Waals surface area contributed by atoms with E-state index in [0.717, 1.165) is 25.7 Å². The fourth-order valence-corrected chi connectivity index (χ4v) is 14.1. The van der Waals surface area contributed by atoms with Crippen LogP contribution in [-0.4, -0.2) is 67.4 Å². The molecule has 222 valence electrons. The third-order valence-electron chi connectivity index (χ3n) is 10.5. The Morgan fingerprint density at radius 2 is 1.51 bits per heavy atom. The summed E-state index contributed by atoms with van der Waals surface area (Å²) in [6, 6.07) is 0. The number of esters is 2. The minimum absolute atomic E-state index is 0.0775. The van der Waals surface area contributed by atoms with Crippen LogP contribution in [0.4, 0.5) is 0 Å². The van der Waals surface area contributed by atoms with Gasteiger partial charge in [0.1, 0.15) is 5.60 Å². The molecule has 5 aliphatic rings. The SMILES string of the molecule is COC(=O)[C@H]1[C@@H]2C3(C)C(=O)O[C@]2(C[C@H](O[Si](C)(C)C)[C@@H]3O[Si](C)(C)C)[C@@H]2CCC3C[C@@]21C[C@@]3(C)O[Si](C)(C)C. The zero-order valence-corrected chi connectivity index (χ0v) is 29.4. The van der Waals surface area contributed by atoms with E-state index in [4.69, 9.17) is 22.8 Å². The maximum absolute atomic E-state index is 14.1. The zero-order chi connectivity index (χ0) is 29.2. The molecule has 1 spiro atoms. The van der Waals surface area contributed by atoms with Gasteiger partial charge in [0.25, 0.3) is 0 Å². The molecule has 2 unspecified atom stereocenters. The summed E-state index contributed by atoms with van der Waals surface area (Å²) in [4.78, 5) is 28.1. The number of ether oxygens (including phenoxy) is 2. The van der Waals surface area contributed by atoms with Gasteiger partial charge in [-0.2, -0.15) is 0 Å². The van der Waals surface area contributed by atoms with Gasteiger partial charge in [0.2, 0.25) is 0 Å². The summed E-state index contributed by atoms with van der Waals surface area (Å²) in [7, 11) is -4.44. The van der Waals surface area contributed by atoms with E-state index in [1.54, 1.807) is 0 Å². The van der Waals surface area contributed by atoms with Crippen LogP contribution in [-0.2, 0) is 32.3 Å². The molecule has 0 radical (unpaired) electrons. The molecule has 5 rings (SSSR count). The van der Waals surface area contributed by atoms with Crippen LogP contribution in [0.5, 0.6) is 0 Å². The van der Waals surface area contributed by atoms with Gasteiger partial charge in [-0.15, -0.1) is 0 Å². The second-order valence-corrected chi connectivity index (χ2v) is 30.0. The number of rotatable bonds is 7. The summed E-state index contributed by atoms with van der Waals surface area (Å²) < 4.78 is 33.0. The highest BCUT2D eigenvalue weighted by molar-refractivity contribution is 6.70. The molecule has 0 aromatic rings. The average Bonchev–Trinajstić information content (AvgIpc) is 3.17. The Kier molecular flexibility index (Phi) is 6.72. The van der Waals surface area contributed by atoms with Gasteiger partial charge < -0.3 is 22.8 Å². The lowest BCUT2D eigenvalue weighted by Crippen LogP contribution is -2.63. The Balaban J connectivity index is 1.69. The standard InChI is InChI=1S/C29H52O7Si3/c1-26(36-39(10,11)12)17-28-15-18(26)13-14-20(28)29-16-19(34-37(4,5)6)23(35-38(7,8)9)27(2,25(31)33-29)22(29)21(28)24(30)32-3/h18-23H,13-17H2,1-12H3/t18?,19-,20+,21+,22+,23-,26+,27?,28+,29+/m0/s1.